The first-order chi connectivity index (χ1) is 7.26. The van der Waals surface area contributed by atoms with Crippen molar-refractivity contribution in [1.82, 2.24) is 10.2 Å². The predicted octanol–water partition coefficient (Wildman–Crippen LogP) is 0.153. The van der Waals surface area contributed by atoms with Crippen molar-refractivity contribution < 1.29 is 9.53 Å². The first kappa shape index (κ1) is 10.6. The fraction of sp³-hybridized carbons (Fsp3) is 0.727. The van der Waals surface area contributed by atoms with Crippen LogP contribution >= 0.6 is 0 Å². The second kappa shape index (κ2) is 4.33. The van der Waals surface area contributed by atoms with Gasteiger partial charge in [0.15, 0.2) is 0 Å². The molecule has 1 spiro atoms. The van der Waals surface area contributed by atoms with Gasteiger partial charge in [0.05, 0.1) is 18.8 Å². The van der Waals surface area contributed by atoms with Crippen molar-refractivity contribution in [1.29, 1.82) is 0 Å². The number of morpholine rings is 1. The third kappa shape index (κ3) is 2.21. The lowest BCUT2D eigenvalue weighted by Crippen LogP contribution is -2.57. The molecule has 2 aliphatic rings. The fourth-order valence-corrected chi connectivity index (χ4v) is 2.35. The average Bonchev–Trinajstić information content (AvgIpc) is 2.29. The maximum Gasteiger partial charge on any atom is 0.246 e. The lowest BCUT2D eigenvalue weighted by molar-refractivity contribution is -0.150. The van der Waals surface area contributed by atoms with Crippen LogP contribution in [0.1, 0.15) is 12.8 Å². The highest BCUT2D eigenvalue weighted by atomic mass is 16.5. The number of carbonyl (C=O) groups is 1. The molecule has 0 atom stereocenters. The van der Waals surface area contributed by atoms with Gasteiger partial charge in [-0.2, -0.15) is 0 Å². The second-order valence-corrected chi connectivity index (χ2v) is 4.25. The zero-order chi connectivity index (χ0) is 10.7. The summed E-state index contributed by atoms with van der Waals surface area (Å²) in [4.78, 5) is 13.4. The zero-order valence-corrected chi connectivity index (χ0v) is 9.00. The molecule has 15 heavy (non-hydrogen) atoms. The van der Waals surface area contributed by atoms with Gasteiger partial charge in [0.25, 0.3) is 0 Å². The highest BCUT2D eigenvalue weighted by molar-refractivity contribution is 5.87. The quantitative estimate of drug-likeness (QED) is 0.627. The smallest absolute Gasteiger partial charge is 0.246 e. The molecule has 84 valence electrons. The van der Waals surface area contributed by atoms with E-state index in [1.54, 1.807) is 0 Å². The summed E-state index contributed by atoms with van der Waals surface area (Å²) in [6, 6.07) is 0. The van der Waals surface area contributed by atoms with Gasteiger partial charge >= 0.3 is 0 Å². The molecular formula is C11H18N2O2. The summed E-state index contributed by atoms with van der Waals surface area (Å²) in [6.45, 7) is 7.56. The number of amides is 1. The Hall–Kier alpha value is -0.870. The molecule has 4 heteroatoms. The molecule has 4 nitrogen and oxygen atoms in total. The Kier molecular flexibility index (Phi) is 3.07. The van der Waals surface area contributed by atoms with Crippen LogP contribution in [0.3, 0.4) is 0 Å². The molecule has 2 saturated heterocycles. The number of hydrogen-bond donors (Lipinski definition) is 1. The number of piperidine rings is 1. The van der Waals surface area contributed by atoms with E-state index in [1.807, 2.05) is 4.90 Å². The molecule has 0 aliphatic carbocycles. The van der Waals surface area contributed by atoms with Gasteiger partial charge in [0, 0.05) is 6.54 Å². The van der Waals surface area contributed by atoms with Crippen molar-refractivity contribution in [2.45, 2.75) is 18.4 Å². The standard InChI is InChI=1S/C11H18N2O2/c1-2-10(14)13-7-8-15-11(9-13)3-5-12-6-4-11/h2,12H,1,3-9H2. The molecule has 0 aromatic rings. The van der Waals surface area contributed by atoms with E-state index in [-0.39, 0.29) is 11.5 Å². The van der Waals surface area contributed by atoms with Crippen molar-refractivity contribution in [3.63, 3.8) is 0 Å². The molecule has 0 aromatic heterocycles. The molecule has 0 saturated carbocycles. The van der Waals surface area contributed by atoms with Crippen molar-refractivity contribution in [2.75, 3.05) is 32.8 Å². The lowest BCUT2D eigenvalue weighted by Gasteiger charge is -2.44. The first-order valence-corrected chi connectivity index (χ1v) is 5.52. The summed E-state index contributed by atoms with van der Waals surface area (Å²) in [6.07, 6.45) is 3.38. The molecular weight excluding hydrogens is 192 g/mol. The van der Waals surface area contributed by atoms with Gasteiger partial charge in [0.2, 0.25) is 5.91 Å². The maximum atomic E-state index is 11.5. The summed E-state index contributed by atoms with van der Waals surface area (Å²) >= 11 is 0. The van der Waals surface area contributed by atoms with Crippen molar-refractivity contribution >= 4 is 5.91 Å². The lowest BCUT2D eigenvalue weighted by atomic mass is 9.90. The summed E-state index contributed by atoms with van der Waals surface area (Å²) in [5, 5.41) is 3.31. The molecule has 2 rings (SSSR count). The van der Waals surface area contributed by atoms with E-state index in [9.17, 15) is 4.79 Å². The molecule has 0 aromatic carbocycles. The Morgan fingerprint density at radius 2 is 2.20 bits per heavy atom. The van der Waals surface area contributed by atoms with Gasteiger partial charge in [-0.3, -0.25) is 4.79 Å². The van der Waals surface area contributed by atoms with E-state index in [2.05, 4.69) is 11.9 Å². The van der Waals surface area contributed by atoms with E-state index in [1.165, 1.54) is 6.08 Å². The molecule has 2 fully saturated rings. The minimum absolute atomic E-state index is 0.0243. The van der Waals surface area contributed by atoms with Crippen molar-refractivity contribution in [3.05, 3.63) is 12.7 Å². The van der Waals surface area contributed by atoms with Crippen molar-refractivity contribution in [2.24, 2.45) is 0 Å². The fourth-order valence-electron chi connectivity index (χ4n) is 2.35. The molecule has 0 unspecified atom stereocenters. The highest BCUT2D eigenvalue weighted by Crippen LogP contribution is 2.27. The van der Waals surface area contributed by atoms with E-state index in [0.29, 0.717) is 13.2 Å². The molecule has 0 bridgehead atoms. The van der Waals surface area contributed by atoms with Gasteiger partial charge in [0.1, 0.15) is 0 Å². The van der Waals surface area contributed by atoms with E-state index < -0.39 is 0 Å². The van der Waals surface area contributed by atoms with Crippen LogP contribution in [-0.4, -0.2) is 49.2 Å². The van der Waals surface area contributed by atoms with Crippen LogP contribution in [0.25, 0.3) is 0 Å². The van der Waals surface area contributed by atoms with Crippen LogP contribution in [0.5, 0.6) is 0 Å². The minimum Gasteiger partial charge on any atom is -0.371 e. The van der Waals surface area contributed by atoms with E-state index in [0.717, 1.165) is 32.5 Å². The van der Waals surface area contributed by atoms with Crippen LogP contribution in [0.4, 0.5) is 0 Å². The normalized spacial score (nSPS) is 25.2. The highest BCUT2D eigenvalue weighted by Gasteiger charge is 2.38. The zero-order valence-electron chi connectivity index (χ0n) is 9.00. The maximum absolute atomic E-state index is 11.5. The van der Waals surface area contributed by atoms with Crippen molar-refractivity contribution in [3.8, 4) is 0 Å². The Bertz CT molecular complexity index is 254. The number of hydrogen-bond acceptors (Lipinski definition) is 3. The molecule has 2 heterocycles. The predicted molar refractivity (Wildman–Crippen MR) is 57.6 cm³/mol. The number of nitrogens with zero attached hydrogens (tertiary/aromatic N) is 1. The average molecular weight is 210 g/mol. The van der Waals surface area contributed by atoms with Crippen LogP contribution in [0.2, 0.25) is 0 Å². The summed E-state index contributed by atoms with van der Waals surface area (Å²) in [5.41, 5.74) is -0.0951. The second-order valence-electron chi connectivity index (χ2n) is 4.25. The third-order valence-corrected chi connectivity index (χ3v) is 3.25. The Morgan fingerprint density at radius 3 is 2.87 bits per heavy atom. The Labute approximate surface area is 90.3 Å². The molecule has 1 N–H and O–H groups in total. The summed E-state index contributed by atoms with van der Waals surface area (Å²) in [7, 11) is 0. The number of ether oxygens (including phenoxy) is 1. The van der Waals surface area contributed by atoms with Gasteiger partial charge < -0.3 is 15.0 Å². The monoisotopic (exact) mass is 210 g/mol. The Balaban J connectivity index is 2.02. The van der Waals surface area contributed by atoms with Gasteiger partial charge in [-0.25, -0.2) is 0 Å². The first-order valence-electron chi connectivity index (χ1n) is 5.52. The van der Waals surface area contributed by atoms with Crippen LogP contribution < -0.4 is 5.32 Å². The van der Waals surface area contributed by atoms with Gasteiger partial charge in [-0.1, -0.05) is 6.58 Å². The topological polar surface area (TPSA) is 41.6 Å². The molecule has 2 aliphatic heterocycles. The Morgan fingerprint density at radius 1 is 1.47 bits per heavy atom. The van der Waals surface area contributed by atoms with E-state index in [4.69, 9.17) is 4.74 Å². The largest absolute Gasteiger partial charge is 0.371 e. The minimum atomic E-state index is -0.0951. The third-order valence-electron chi connectivity index (χ3n) is 3.25. The molecule has 0 radical (unpaired) electrons. The van der Waals surface area contributed by atoms with E-state index >= 15 is 0 Å². The number of carbonyl (C=O) groups excluding carboxylic acids is 1. The van der Waals surface area contributed by atoms with Gasteiger partial charge in [-0.05, 0) is 32.0 Å². The SMILES string of the molecule is C=CC(=O)N1CCOC2(CCNCC2)C1. The number of nitrogens with one attached hydrogen (secondary N) is 1. The van der Waals surface area contributed by atoms with Crippen LogP contribution in [-0.2, 0) is 9.53 Å². The number of rotatable bonds is 1. The molecule has 1 amide bonds. The van der Waals surface area contributed by atoms with Crippen LogP contribution in [0.15, 0.2) is 12.7 Å². The summed E-state index contributed by atoms with van der Waals surface area (Å²) < 4.78 is 5.86. The summed E-state index contributed by atoms with van der Waals surface area (Å²) in [5.74, 6) is 0.0243. The van der Waals surface area contributed by atoms with Crippen LogP contribution in [0, 0.1) is 0 Å². The van der Waals surface area contributed by atoms with Gasteiger partial charge in [-0.15, -0.1) is 0 Å².